The molecule has 0 aliphatic carbocycles. The van der Waals surface area contributed by atoms with Gasteiger partial charge in [-0.25, -0.2) is 0 Å². The van der Waals surface area contributed by atoms with Gasteiger partial charge in [-0.15, -0.1) is 0 Å². The molecule has 1 aliphatic rings. The van der Waals surface area contributed by atoms with Crippen molar-refractivity contribution >= 4 is 40.8 Å². The summed E-state index contributed by atoms with van der Waals surface area (Å²) in [6, 6.07) is 3.39. The number of amides is 4. The number of carbonyl (C=O) groups is 4. The molecule has 1 heterocycles. The SMILES string of the molecule is COc1cc(/C=C2/SC(=O)N(CCNC(=O)C(NC(C)=O)C(C)C)C2=O)ccc1OC(F)F. The molecule has 1 aromatic rings. The number of alkyl halides is 2. The molecule has 1 aromatic carbocycles. The zero-order chi connectivity index (χ0) is 24.7. The summed E-state index contributed by atoms with van der Waals surface area (Å²) in [5, 5.41) is 4.67. The Hall–Kier alpha value is -3.15. The van der Waals surface area contributed by atoms with E-state index >= 15 is 0 Å². The van der Waals surface area contributed by atoms with Gasteiger partial charge in [0.1, 0.15) is 6.04 Å². The normalized spacial score (nSPS) is 15.9. The van der Waals surface area contributed by atoms with Crippen LogP contribution in [0.15, 0.2) is 23.1 Å². The third kappa shape index (κ3) is 7.17. The summed E-state index contributed by atoms with van der Waals surface area (Å²) in [5.74, 6) is -1.57. The molecule has 1 fully saturated rings. The molecule has 9 nitrogen and oxygen atoms in total. The summed E-state index contributed by atoms with van der Waals surface area (Å²) in [4.78, 5) is 49.6. The van der Waals surface area contributed by atoms with Crippen molar-refractivity contribution in [3.05, 3.63) is 28.7 Å². The summed E-state index contributed by atoms with van der Waals surface area (Å²) in [6.07, 6.45) is 1.43. The van der Waals surface area contributed by atoms with Crippen molar-refractivity contribution in [2.24, 2.45) is 5.92 Å². The lowest BCUT2D eigenvalue weighted by atomic mass is 10.0. The van der Waals surface area contributed by atoms with Crippen LogP contribution in [-0.4, -0.2) is 60.7 Å². The molecule has 2 N–H and O–H groups in total. The number of benzene rings is 1. The molecule has 4 amide bonds. The minimum absolute atomic E-state index is 0.0143. The fourth-order valence-electron chi connectivity index (χ4n) is 2.97. The van der Waals surface area contributed by atoms with Gasteiger partial charge in [-0.1, -0.05) is 19.9 Å². The number of imide groups is 1. The zero-order valence-corrected chi connectivity index (χ0v) is 19.3. The van der Waals surface area contributed by atoms with Crippen molar-refractivity contribution in [2.45, 2.75) is 33.4 Å². The molecule has 1 atom stereocenters. The first-order chi connectivity index (χ1) is 15.5. The van der Waals surface area contributed by atoms with E-state index in [-0.39, 0.29) is 41.3 Å². The predicted molar refractivity (Wildman–Crippen MR) is 118 cm³/mol. The van der Waals surface area contributed by atoms with Crippen molar-refractivity contribution in [3.63, 3.8) is 0 Å². The van der Waals surface area contributed by atoms with Crippen LogP contribution in [0.25, 0.3) is 6.08 Å². The molecule has 33 heavy (non-hydrogen) atoms. The second-order valence-electron chi connectivity index (χ2n) is 7.34. The van der Waals surface area contributed by atoms with Gasteiger partial charge in [-0.3, -0.25) is 24.1 Å². The highest BCUT2D eigenvalue weighted by atomic mass is 32.2. The van der Waals surface area contributed by atoms with E-state index in [2.05, 4.69) is 15.4 Å². The first kappa shape index (κ1) is 26.1. The van der Waals surface area contributed by atoms with Gasteiger partial charge in [-0.2, -0.15) is 8.78 Å². The van der Waals surface area contributed by atoms with Gasteiger partial charge in [-0.05, 0) is 41.5 Å². The minimum atomic E-state index is -3.02. The summed E-state index contributed by atoms with van der Waals surface area (Å²) in [7, 11) is 1.29. The monoisotopic (exact) mass is 485 g/mol. The summed E-state index contributed by atoms with van der Waals surface area (Å²) < 4.78 is 34.3. The van der Waals surface area contributed by atoms with E-state index in [0.717, 1.165) is 16.7 Å². The second-order valence-corrected chi connectivity index (χ2v) is 8.33. The Bertz CT molecular complexity index is 954. The number of hydrogen-bond donors (Lipinski definition) is 2. The Morgan fingerprint density at radius 3 is 2.48 bits per heavy atom. The lowest BCUT2D eigenvalue weighted by Gasteiger charge is -2.21. The van der Waals surface area contributed by atoms with E-state index in [0.29, 0.717) is 5.56 Å². The first-order valence-electron chi connectivity index (χ1n) is 9.96. The molecular formula is C21H25F2N3O6S. The van der Waals surface area contributed by atoms with Crippen molar-refractivity contribution in [1.82, 2.24) is 15.5 Å². The van der Waals surface area contributed by atoms with Crippen LogP contribution < -0.4 is 20.1 Å². The van der Waals surface area contributed by atoms with E-state index in [4.69, 9.17) is 4.74 Å². The Labute approximate surface area is 193 Å². The average Bonchev–Trinajstić information content (AvgIpc) is 2.99. The summed E-state index contributed by atoms with van der Waals surface area (Å²) in [6.45, 7) is 1.81. The molecule has 0 aromatic heterocycles. The van der Waals surface area contributed by atoms with Crippen LogP contribution >= 0.6 is 11.8 Å². The van der Waals surface area contributed by atoms with Crippen molar-refractivity contribution in [2.75, 3.05) is 20.2 Å². The van der Waals surface area contributed by atoms with Crippen LogP contribution in [0.3, 0.4) is 0 Å². The van der Waals surface area contributed by atoms with Crippen molar-refractivity contribution in [1.29, 1.82) is 0 Å². The molecule has 1 aliphatic heterocycles. The Morgan fingerprint density at radius 2 is 1.91 bits per heavy atom. The fourth-order valence-corrected chi connectivity index (χ4v) is 3.83. The third-order valence-electron chi connectivity index (χ3n) is 4.52. The Morgan fingerprint density at radius 1 is 1.21 bits per heavy atom. The largest absolute Gasteiger partial charge is 0.493 e. The van der Waals surface area contributed by atoms with Gasteiger partial charge in [0.25, 0.3) is 11.1 Å². The number of nitrogens with one attached hydrogen (secondary N) is 2. The highest BCUT2D eigenvalue weighted by Crippen LogP contribution is 2.34. The maximum absolute atomic E-state index is 12.6. The minimum Gasteiger partial charge on any atom is -0.493 e. The highest BCUT2D eigenvalue weighted by Gasteiger charge is 2.35. The van der Waals surface area contributed by atoms with E-state index in [9.17, 15) is 28.0 Å². The van der Waals surface area contributed by atoms with Crippen molar-refractivity contribution in [3.8, 4) is 11.5 Å². The number of hydrogen-bond acceptors (Lipinski definition) is 7. The van der Waals surface area contributed by atoms with E-state index < -0.39 is 29.7 Å². The standard InChI is InChI=1S/C21H25F2N3O6S/c1-11(2)17(25-12(3)27)18(28)24-7-8-26-19(29)16(33-21(26)30)10-13-5-6-14(32-20(22)23)15(9-13)31-4/h5-6,9-11,17,20H,7-8H2,1-4H3,(H,24,28)(H,25,27)/b16-10+. The lowest BCUT2D eigenvalue weighted by molar-refractivity contribution is -0.129. The van der Waals surface area contributed by atoms with Crippen molar-refractivity contribution < 1.29 is 37.4 Å². The number of thioether (sulfide) groups is 1. The molecule has 2 rings (SSSR count). The highest BCUT2D eigenvalue weighted by molar-refractivity contribution is 8.18. The maximum atomic E-state index is 12.6. The van der Waals surface area contributed by atoms with Crippen LogP contribution in [0.1, 0.15) is 26.3 Å². The quantitative estimate of drug-likeness (QED) is 0.490. The molecule has 0 radical (unpaired) electrons. The molecule has 0 saturated carbocycles. The van der Waals surface area contributed by atoms with Gasteiger partial charge in [0.2, 0.25) is 11.8 Å². The zero-order valence-electron chi connectivity index (χ0n) is 18.5. The van der Waals surface area contributed by atoms with Gasteiger partial charge in [0.05, 0.1) is 12.0 Å². The van der Waals surface area contributed by atoms with Crippen LogP contribution in [0, 0.1) is 5.92 Å². The summed E-state index contributed by atoms with van der Waals surface area (Å²) in [5.41, 5.74) is 0.447. The molecule has 0 spiro atoms. The molecule has 180 valence electrons. The Kier molecular flexibility index (Phi) is 9.21. The third-order valence-corrected chi connectivity index (χ3v) is 5.43. The van der Waals surface area contributed by atoms with E-state index in [1.54, 1.807) is 13.8 Å². The van der Waals surface area contributed by atoms with Crippen LogP contribution in [0.4, 0.5) is 13.6 Å². The summed E-state index contributed by atoms with van der Waals surface area (Å²) >= 11 is 0.720. The molecule has 0 bridgehead atoms. The number of nitrogens with zero attached hydrogens (tertiary/aromatic N) is 1. The average molecular weight is 486 g/mol. The molecule has 12 heteroatoms. The van der Waals surface area contributed by atoms with Crippen LogP contribution in [-0.2, 0) is 14.4 Å². The number of carbonyl (C=O) groups excluding carboxylic acids is 4. The van der Waals surface area contributed by atoms with E-state index in [1.165, 1.54) is 38.3 Å². The van der Waals surface area contributed by atoms with Crippen LogP contribution in [0.2, 0.25) is 0 Å². The fraction of sp³-hybridized carbons (Fsp3) is 0.429. The van der Waals surface area contributed by atoms with E-state index in [1.807, 2.05) is 0 Å². The topological polar surface area (TPSA) is 114 Å². The van der Waals surface area contributed by atoms with Gasteiger partial charge in [0, 0.05) is 20.0 Å². The molecular weight excluding hydrogens is 460 g/mol. The number of rotatable bonds is 10. The van der Waals surface area contributed by atoms with Crippen LogP contribution in [0.5, 0.6) is 11.5 Å². The number of methoxy groups -OCH3 is 1. The Balaban J connectivity index is 2.03. The van der Waals surface area contributed by atoms with Gasteiger partial charge >= 0.3 is 6.61 Å². The molecule has 1 unspecified atom stereocenters. The predicted octanol–water partition coefficient (Wildman–Crippen LogP) is 2.61. The number of ether oxygens (including phenoxy) is 2. The second kappa shape index (κ2) is 11.6. The first-order valence-corrected chi connectivity index (χ1v) is 10.8. The number of halogens is 2. The smallest absolute Gasteiger partial charge is 0.387 e. The lowest BCUT2D eigenvalue weighted by Crippen LogP contribution is -2.50. The van der Waals surface area contributed by atoms with Gasteiger partial charge in [0.15, 0.2) is 11.5 Å². The van der Waals surface area contributed by atoms with Gasteiger partial charge < -0.3 is 20.1 Å². The maximum Gasteiger partial charge on any atom is 0.387 e. The molecule has 1 saturated heterocycles.